The van der Waals surface area contributed by atoms with Gasteiger partial charge in [-0.25, -0.2) is 4.79 Å². The zero-order chi connectivity index (χ0) is 24.1. The summed E-state index contributed by atoms with van der Waals surface area (Å²) < 4.78 is 7.91. The Morgan fingerprint density at radius 2 is 1.82 bits per heavy atom. The maximum atomic E-state index is 13.3. The van der Waals surface area contributed by atoms with Gasteiger partial charge in [-0.3, -0.25) is 9.47 Å². The summed E-state index contributed by atoms with van der Waals surface area (Å²) in [6.07, 6.45) is 0.305. The number of nitrogens with zero attached hydrogens (tertiary/aromatic N) is 4. The average Bonchev–Trinajstić information content (AvgIpc) is 3.45. The second-order valence-electron chi connectivity index (χ2n) is 8.78. The van der Waals surface area contributed by atoms with Crippen molar-refractivity contribution in [2.45, 2.75) is 44.9 Å². The Bertz CT molecular complexity index is 1260. The molecular weight excluding hydrogens is 499 g/mol. The van der Waals surface area contributed by atoms with Crippen LogP contribution in [0.5, 0.6) is 0 Å². The third-order valence-electron chi connectivity index (χ3n) is 6.58. The van der Waals surface area contributed by atoms with E-state index < -0.39 is 18.2 Å². The van der Waals surface area contributed by atoms with Gasteiger partial charge < -0.3 is 9.84 Å². The van der Waals surface area contributed by atoms with Crippen molar-refractivity contribution in [2.24, 2.45) is 0 Å². The van der Waals surface area contributed by atoms with E-state index in [1.54, 1.807) is 30.3 Å². The molecule has 0 bridgehead atoms. The van der Waals surface area contributed by atoms with E-state index in [-0.39, 0.29) is 16.6 Å². The zero-order valence-corrected chi connectivity index (χ0v) is 20.9. The van der Waals surface area contributed by atoms with Crippen molar-refractivity contribution in [3.63, 3.8) is 0 Å². The fourth-order valence-corrected chi connectivity index (χ4v) is 5.82. The zero-order valence-electron chi connectivity index (χ0n) is 18.6. The van der Waals surface area contributed by atoms with E-state index in [0.29, 0.717) is 36.0 Å². The highest BCUT2D eigenvalue weighted by atomic mass is 35.5. The minimum absolute atomic E-state index is 0.146. The molecule has 178 valence electrons. The fraction of sp³-hybridized carbons (Fsp3) is 0.375. The number of carbonyl (C=O) groups is 1. The van der Waals surface area contributed by atoms with Gasteiger partial charge in [0.05, 0.1) is 28.4 Å². The standard InChI is InChI=1S/C24H23Cl3N4O3/c1-12-28-29-13(2)31(12)15-3-4-17(21(27)9-15)24(33)34-23-19-7-14(25)8-20(26)18(19)10-22(23)30-6-5-16(32)11-30/h3-4,7-9,16,22-23,32H,5-6,10-11H2,1-2H3/t16-,22+,23+/m1/s1. The van der Waals surface area contributed by atoms with Crippen molar-refractivity contribution < 1.29 is 14.6 Å². The number of aryl methyl sites for hydroxylation is 2. The van der Waals surface area contributed by atoms with Crippen molar-refractivity contribution in [3.05, 3.63) is 73.7 Å². The van der Waals surface area contributed by atoms with Crippen molar-refractivity contribution in [2.75, 3.05) is 13.1 Å². The smallest absolute Gasteiger partial charge is 0.340 e. The van der Waals surface area contributed by atoms with Gasteiger partial charge in [-0.15, -0.1) is 10.2 Å². The molecule has 2 aromatic carbocycles. The third-order valence-corrected chi connectivity index (χ3v) is 7.45. The number of carbonyl (C=O) groups excluding carboxylic acids is 1. The number of aliphatic hydroxyl groups excluding tert-OH is 1. The molecule has 2 aliphatic rings. The maximum absolute atomic E-state index is 13.3. The molecule has 10 heteroatoms. The number of ether oxygens (including phenoxy) is 1. The number of halogens is 3. The van der Waals surface area contributed by atoms with Gasteiger partial charge in [0.15, 0.2) is 0 Å². The molecule has 34 heavy (non-hydrogen) atoms. The minimum Gasteiger partial charge on any atom is -0.452 e. The van der Waals surface area contributed by atoms with Crippen LogP contribution >= 0.6 is 34.8 Å². The topological polar surface area (TPSA) is 80.5 Å². The molecule has 1 N–H and O–H groups in total. The number of esters is 1. The second kappa shape index (κ2) is 9.13. The Morgan fingerprint density at radius 1 is 1.09 bits per heavy atom. The van der Waals surface area contributed by atoms with Gasteiger partial charge in [0.25, 0.3) is 0 Å². The van der Waals surface area contributed by atoms with Crippen molar-refractivity contribution in [1.82, 2.24) is 19.7 Å². The molecule has 3 aromatic rings. The Balaban J connectivity index is 1.45. The van der Waals surface area contributed by atoms with Crippen molar-refractivity contribution in [3.8, 4) is 5.69 Å². The lowest BCUT2D eigenvalue weighted by Crippen LogP contribution is -2.38. The monoisotopic (exact) mass is 520 g/mol. The summed E-state index contributed by atoms with van der Waals surface area (Å²) in [4.78, 5) is 15.4. The number of hydrogen-bond donors (Lipinski definition) is 1. The number of rotatable bonds is 4. The van der Waals surface area contributed by atoms with Gasteiger partial charge in [-0.1, -0.05) is 34.8 Å². The maximum Gasteiger partial charge on any atom is 0.340 e. The van der Waals surface area contributed by atoms with Crippen LogP contribution in [0.2, 0.25) is 15.1 Å². The highest BCUT2D eigenvalue weighted by Crippen LogP contribution is 2.43. The van der Waals surface area contributed by atoms with E-state index in [9.17, 15) is 9.90 Å². The van der Waals surface area contributed by atoms with Gasteiger partial charge in [0.2, 0.25) is 0 Å². The van der Waals surface area contributed by atoms with Crippen LogP contribution in [0.4, 0.5) is 0 Å². The van der Waals surface area contributed by atoms with E-state index in [1.807, 2.05) is 18.4 Å². The summed E-state index contributed by atoms with van der Waals surface area (Å²) in [6.45, 7) is 4.93. The molecule has 0 spiro atoms. The molecule has 1 saturated heterocycles. The van der Waals surface area contributed by atoms with Gasteiger partial charge in [-0.2, -0.15) is 0 Å². The van der Waals surface area contributed by atoms with Crippen LogP contribution in [0.1, 0.15) is 45.7 Å². The molecule has 0 amide bonds. The first-order valence-corrected chi connectivity index (χ1v) is 12.2. The lowest BCUT2D eigenvalue weighted by molar-refractivity contribution is 0.00494. The lowest BCUT2D eigenvalue weighted by Gasteiger charge is -2.29. The predicted molar refractivity (Wildman–Crippen MR) is 130 cm³/mol. The summed E-state index contributed by atoms with van der Waals surface area (Å²) in [5, 5.41) is 19.5. The number of β-amino-alcohol motifs (C(OH)–C–C–N with tert-alkyl or cyclic N) is 1. The normalized spacial score (nSPS) is 22.2. The Hall–Kier alpha value is -2.16. The summed E-state index contributed by atoms with van der Waals surface area (Å²) in [6, 6.07) is 8.49. The molecule has 7 nitrogen and oxygen atoms in total. The number of benzene rings is 2. The Kier molecular flexibility index (Phi) is 6.33. The summed E-state index contributed by atoms with van der Waals surface area (Å²) >= 11 is 19.3. The molecule has 3 atom stereocenters. The highest BCUT2D eigenvalue weighted by Gasteiger charge is 2.42. The molecular formula is C24H23Cl3N4O3. The van der Waals surface area contributed by atoms with Gasteiger partial charge in [0.1, 0.15) is 17.8 Å². The largest absolute Gasteiger partial charge is 0.452 e. The molecule has 0 unspecified atom stereocenters. The number of fused-ring (bicyclic) bond motifs is 1. The number of likely N-dealkylation sites (tertiary alicyclic amines) is 1. The number of aliphatic hydroxyl groups is 1. The highest BCUT2D eigenvalue weighted by molar-refractivity contribution is 6.35. The molecule has 0 saturated carbocycles. The first kappa shape index (κ1) is 23.6. The van der Waals surface area contributed by atoms with E-state index in [4.69, 9.17) is 39.5 Å². The van der Waals surface area contributed by atoms with Crippen LogP contribution < -0.4 is 0 Å². The van der Waals surface area contributed by atoms with Crippen LogP contribution in [0.25, 0.3) is 5.69 Å². The van der Waals surface area contributed by atoms with Crippen molar-refractivity contribution >= 4 is 40.8 Å². The molecule has 5 rings (SSSR count). The first-order valence-electron chi connectivity index (χ1n) is 11.0. The summed E-state index contributed by atoms with van der Waals surface area (Å²) in [5.74, 6) is 0.902. The van der Waals surface area contributed by atoms with Crippen LogP contribution in [0, 0.1) is 13.8 Å². The quantitative estimate of drug-likeness (QED) is 0.500. The lowest BCUT2D eigenvalue weighted by atomic mass is 10.1. The van der Waals surface area contributed by atoms with Gasteiger partial charge in [0, 0.05) is 28.7 Å². The van der Waals surface area contributed by atoms with E-state index in [2.05, 4.69) is 15.1 Å². The number of aromatic nitrogens is 3. The van der Waals surface area contributed by atoms with Crippen LogP contribution in [0.3, 0.4) is 0 Å². The van der Waals surface area contributed by atoms with E-state index in [1.165, 1.54) is 0 Å². The molecule has 1 aliphatic carbocycles. The second-order valence-corrected chi connectivity index (χ2v) is 10.0. The Labute approximate surface area is 212 Å². The summed E-state index contributed by atoms with van der Waals surface area (Å²) in [5.41, 5.74) is 2.72. The first-order chi connectivity index (χ1) is 16.2. The van der Waals surface area contributed by atoms with Gasteiger partial charge >= 0.3 is 5.97 Å². The van der Waals surface area contributed by atoms with E-state index in [0.717, 1.165) is 28.5 Å². The molecule has 2 heterocycles. The summed E-state index contributed by atoms with van der Waals surface area (Å²) in [7, 11) is 0. The van der Waals surface area contributed by atoms with E-state index >= 15 is 0 Å². The van der Waals surface area contributed by atoms with Crippen LogP contribution in [0.15, 0.2) is 30.3 Å². The molecule has 1 aliphatic heterocycles. The molecule has 1 fully saturated rings. The number of hydrogen-bond acceptors (Lipinski definition) is 6. The third kappa shape index (κ3) is 4.20. The predicted octanol–water partition coefficient (Wildman–Crippen LogP) is 4.73. The van der Waals surface area contributed by atoms with Crippen LogP contribution in [-0.4, -0.2) is 56.0 Å². The Morgan fingerprint density at radius 3 is 2.47 bits per heavy atom. The van der Waals surface area contributed by atoms with Crippen molar-refractivity contribution in [1.29, 1.82) is 0 Å². The minimum atomic E-state index is -0.581. The van der Waals surface area contributed by atoms with Crippen LogP contribution in [-0.2, 0) is 11.2 Å². The SMILES string of the molecule is Cc1nnc(C)n1-c1ccc(C(=O)O[C@H]2c3cc(Cl)cc(Cl)c3C[C@@H]2N2CC[C@@H](O)C2)c(Cl)c1. The molecule has 1 aromatic heterocycles. The molecule has 0 radical (unpaired) electrons. The average molecular weight is 522 g/mol. The van der Waals surface area contributed by atoms with Gasteiger partial charge in [-0.05, 0) is 62.6 Å². The fourth-order valence-electron chi connectivity index (χ4n) is 4.98.